The third kappa shape index (κ3) is 4.49. The Balaban J connectivity index is 2.84. The maximum atomic E-state index is 11.8. The number of benzene rings is 1. The number of anilines is 1. The zero-order chi connectivity index (χ0) is 13.7. The first kappa shape index (κ1) is 15.3. The Labute approximate surface area is 124 Å². The standard InChI is InChI=1S/C12H14INO3S/c1-7(6-18-2)11(15)14-10-4-8(12(16)17)3-9(13)5-10/h3-5,7H,6H2,1-2H3,(H,14,15)(H,16,17). The molecule has 1 amide bonds. The minimum absolute atomic E-state index is 0.0947. The van der Waals surface area contributed by atoms with Crippen LogP contribution in [0.2, 0.25) is 0 Å². The molecule has 4 nitrogen and oxygen atoms in total. The van der Waals surface area contributed by atoms with E-state index in [1.165, 1.54) is 6.07 Å². The van der Waals surface area contributed by atoms with Gasteiger partial charge in [-0.2, -0.15) is 11.8 Å². The second-order valence-electron chi connectivity index (χ2n) is 3.88. The summed E-state index contributed by atoms with van der Waals surface area (Å²) in [4.78, 5) is 22.7. The van der Waals surface area contributed by atoms with Gasteiger partial charge >= 0.3 is 5.97 Å². The van der Waals surface area contributed by atoms with Gasteiger partial charge in [-0.05, 0) is 47.0 Å². The molecule has 0 aromatic heterocycles. The number of carbonyl (C=O) groups is 2. The highest BCUT2D eigenvalue weighted by Crippen LogP contribution is 2.18. The Morgan fingerprint density at radius 3 is 2.67 bits per heavy atom. The first-order chi connectivity index (χ1) is 8.43. The number of nitrogens with one attached hydrogen (secondary N) is 1. The fourth-order valence-corrected chi connectivity index (χ4v) is 2.70. The molecule has 2 N–H and O–H groups in total. The van der Waals surface area contributed by atoms with Gasteiger partial charge in [-0.1, -0.05) is 6.92 Å². The molecule has 1 atom stereocenters. The quantitative estimate of drug-likeness (QED) is 0.773. The number of carbonyl (C=O) groups excluding carboxylic acids is 1. The molecule has 0 aliphatic carbocycles. The number of hydrogen-bond donors (Lipinski definition) is 2. The molecular formula is C12H14INO3S. The van der Waals surface area contributed by atoms with Gasteiger partial charge in [0.1, 0.15) is 0 Å². The Kier molecular flexibility index (Phi) is 5.94. The molecule has 0 bridgehead atoms. The summed E-state index contributed by atoms with van der Waals surface area (Å²) in [5.41, 5.74) is 0.701. The summed E-state index contributed by atoms with van der Waals surface area (Å²) in [5, 5.41) is 11.7. The highest BCUT2D eigenvalue weighted by Gasteiger charge is 2.13. The summed E-state index contributed by atoms with van der Waals surface area (Å²) in [6, 6.07) is 4.77. The number of carboxylic acid groups (broad SMARTS) is 1. The molecule has 1 aromatic carbocycles. The maximum Gasteiger partial charge on any atom is 0.335 e. The highest BCUT2D eigenvalue weighted by atomic mass is 127. The molecule has 0 aliphatic heterocycles. The molecule has 0 saturated carbocycles. The molecule has 0 saturated heterocycles. The average Bonchev–Trinajstić information content (AvgIpc) is 2.28. The average molecular weight is 379 g/mol. The molecule has 0 spiro atoms. The fourth-order valence-electron chi connectivity index (χ4n) is 1.38. The highest BCUT2D eigenvalue weighted by molar-refractivity contribution is 14.1. The van der Waals surface area contributed by atoms with E-state index in [4.69, 9.17) is 5.11 Å². The number of aromatic carboxylic acids is 1. The van der Waals surface area contributed by atoms with Crippen LogP contribution in [0.4, 0.5) is 5.69 Å². The van der Waals surface area contributed by atoms with Crippen molar-refractivity contribution >= 4 is 51.9 Å². The minimum Gasteiger partial charge on any atom is -0.478 e. The molecule has 18 heavy (non-hydrogen) atoms. The van der Waals surface area contributed by atoms with Crippen LogP contribution in [0.1, 0.15) is 17.3 Å². The van der Waals surface area contributed by atoms with Crippen molar-refractivity contribution in [1.29, 1.82) is 0 Å². The molecular weight excluding hydrogens is 365 g/mol. The third-order valence-electron chi connectivity index (χ3n) is 2.28. The van der Waals surface area contributed by atoms with Crippen LogP contribution >= 0.6 is 34.4 Å². The van der Waals surface area contributed by atoms with Crippen molar-refractivity contribution in [1.82, 2.24) is 0 Å². The van der Waals surface area contributed by atoms with Crippen molar-refractivity contribution in [2.24, 2.45) is 5.92 Å². The Morgan fingerprint density at radius 2 is 2.11 bits per heavy atom. The van der Waals surface area contributed by atoms with Gasteiger partial charge < -0.3 is 10.4 Å². The van der Waals surface area contributed by atoms with Gasteiger partial charge in [-0.25, -0.2) is 4.79 Å². The van der Waals surface area contributed by atoms with Crippen LogP contribution in [-0.2, 0) is 4.79 Å². The summed E-state index contributed by atoms with van der Waals surface area (Å²) < 4.78 is 0.778. The Morgan fingerprint density at radius 1 is 1.44 bits per heavy atom. The van der Waals surface area contributed by atoms with Crippen LogP contribution in [0.15, 0.2) is 18.2 Å². The molecule has 1 rings (SSSR count). The second-order valence-corrected chi connectivity index (χ2v) is 6.04. The summed E-state index contributed by atoms with van der Waals surface area (Å²) in [5.74, 6) is -0.461. The van der Waals surface area contributed by atoms with Gasteiger partial charge in [-0.15, -0.1) is 0 Å². The van der Waals surface area contributed by atoms with E-state index in [1.54, 1.807) is 23.9 Å². The maximum absolute atomic E-state index is 11.8. The lowest BCUT2D eigenvalue weighted by Gasteiger charge is -2.11. The van der Waals surface area contributed by atoms with Crippen molar-refractivity contribution in [2.45, 2.75) is 6.92 Å². The Hall–Kier alpha value is -0.760. The summed E-state index contributed by atoms with van der Waals surface area (Å²) in [7, 11) is 0. The third-order valence-corrected chi connectivity index (χ3v) is 3.73. The van der Waals surface area contributed by atoms with Crippen molar-refractivity contribution in [3.63, 3.8) is 0 Å². The van der Waals surface area contributed by atoms with E-state index >= 15 is 0 Å². The number of carboxylic acids is 1. The SMILES string of the molecule is CSCC(C)C(=O)Nc1cc(I)cc(C(=O)O)c1. The van der Waals surface area contributed by atoms with E-state index in [0.717, 1.165) is 9.32 Å². The first-order valence-electron chi connectivity index (χ1n) is 5.27. The topological polar surface area (TPSA) is 66.4 Å². The number of halogens is 1. The van der Waals surface area contributed by atoms with Gasteiger partial charge in [0.2, 0.25) is 5.91 Å². The second kappa shape index (κ2) is 6.98. The van der Waals surface area contributed by atoms with Crippen molar-refractivity contribution in [2.75, 3.05) is 17.3 Å². The van der Waals surface area contributed by atoms with Crippen LogP contribution in [-0.4, -0.2) is 29.0 Å². The number of rotatable bonds is 5. The van der Waals surface area contributed by atoms with Crippen LogP contribution in [0.3, 0.4) is 0 Å². The zero-order valence-electron chi connectivity index (χ0n) is 10.1. The van der Waals surface area contributed by atoms with Gasteiger partial charge in [-0.3, -0.25) is 4.79 Å². The van der Waals surface area contributed by atoms with Gasteiger partial charge in [0, 0.05) is 20.9 Å². The lowest BCUT2D eigenvalue weighted by molar-refractivity contribution is -0.118. The monoisotopic (exact) mass is 379 g/mol. The predicted octanol–water partition coefficient (Wildman–Crippen LogP) is 2.93. The van der Waals surface area contributed by atoms with E-state index in [9.17, 15) is 9.59 Å². The number of hydrogen-bond acceptors (Lipinski definition) is 3. The van der Waals surface area contributed by atoms with E-state index in [1.807, 2.05) is 35.8 Å². The van der Waals surface area contributed by atoms with Crippen molar-refractivity contribution in [3.8, 4) is 0 Å². The van der Waals surface area contributed by atoms with E-state index < -0.39 is 5.97 Å². The molecule has 0 fully saturated rings. The molecule has 6 heteroatoms. The van der Waals surface area contributed by atoms with E-state index in [-0.39, 0.29) is 17.4 Å². The fraction of sp³-hybridized carbons (Fsp3) is 0.333. The largest absolute Gasteiger partial charge is 0.478 e. The summed E-state index contributed by atoms with van der Waals surface area (Å²) in [6.45, 7) is 1.85. The molecule has 0 heterocycles. The van der Waals surface area contributed by atoms with E-state index in [2.05, 4.69) is 5.32 Å². The molecule has 0 aliphatic rings. The van der Waals surface area contributed by atoms with Gasteiger partial charge in [0.25, 0.3) is 0 Å². The first-order valence-corrected chi connectivity index (χ1v) is 7.75. The van der Waals surface area contributed by atoms with Gasteiger partial charge in [0.15, 0.2) is 0 Å². The number of amides is 1. The number of thioether (sulfide) groups is 1. The molecule has 1 unspecified atom stereocenters. The predicted molar refractivity (Wildman–Crippen MR) is 82.3 cm³/mol. The molecule has 1 aromatic rings. The van der Waals surface area contributed by atoms with E-state index in [0.29, 0.717) is 5.69 Å². The summed E-state index contributed by atoms with van der Waals surface area (Å²) >= 11 is 3.63. The lowest BCUT2D eigenvalue weighted by atomic mass is 10.1. The van der Waals surface area contributed by atoms with Crippen molar-refractivity contribution < 1.29 is 14.7 Å². The van der Waals surface area contributed by atoms with Crippen LogP contribution in [0.5, 0.6) is 0 Å². The molecule has 98 valence electrons. The zero-order valence-corrected chi connectivity index (χ0v) is 13.0. The smallest absolute Gasteiger partial charge is 0.335 e. The minimum atomic E-state index is -0.999. The molecule has 0 radical (unpaired) electrons. The van der Waals surface area contributed by atoms with Gasteiger partial charge in [0.05, 0.1) is 5.56 Å². The van der Waals surface area contributed by atoms with Crippen molar-refractivity contribution in [3.05, 3.63) is 27.3 Å². The normalized spacial score (nSPS) is 11.9. The summed E-state index contributed by atoms with van der Waals surface area (Å²) in [6.07, 6.45) is 1.94. The van der Waals surface area contributed by atoms with Crippen LogP contribution < -0.4 is 5.32 Å². The van der Waals surface area contributed by atoms with Crippen LogP contribution in [0.25, 0.3) is 0 Å². The van der Waals surface area contributed by atoms with Crippen LogP contribution in [0, 0.1) is 9.49 Å². The lowest BCUT2D eigenvalue weighted by Crippen LogP contribution is -2.22. The Bertz CT molecular complexity index is 465.